The zero-order chi connectivity index (χ0) is 26.8. The molecule has 188 valence electrons. The molecule has 0 atom stereocenters. The van der Waals surface area contributed by atoms with Gasteiger partial charge in [0.25, 0.3) is 30.4 Å². The number of rotatable bonds is 5. The number of carbonyl (C=O) groups is 2. The average molecular weight is 555 g/mol. The smallest absolute Gasteiger partial charge is 0.296 e. The molecule has 1 aliphatic rings. The molecular formula is C20H14N2O11S3. The molecule has 0 aliphatic heterocycles. The number of carbonyl (C=O) groups excluding carboxylic acids is 2. The van der Waals surface area contributed by atoms with Gasteiger partial charge >= 0.3 is 0 Å². The van der Waals surface area contributed by atoms with Gasteiger partial charge in [0.1, 0.15) is 9.79 Å². The Hall–Kier alpha value is -3.67. The minimum absolute atomic E-state index is 0.342. The quantitative estimate of drug-likeness (QED) is 0.174. The summed E-state index contributed by atoms with van der Waals surface area (Å²) >= 11 is 0. The van der Waals surface area contributed by atoms with Crippen LogP contribution in [0.1, 0.15) is 31.8 Å². The lowest BCUT2D eigenvalue weighted by molar-refractivity contribution is 0.0980. The molecule has 36 heavy (non-hydrogen) atoms. The summed E-state index contributed by atoms with van der Waals surface area (Å²) in [7, 11) is -14.7. The third kappa shape index (κ3) is 4.25. The van der Waals surface area contributed by atoms with Crippen molar-refractivity contribution in [1.29, 1.82) is 0 Å². The van der Waals surface area contributed by atoms with E-state index in [1.54, 1.807) is 0 Å². The van der Waals surface area contributed by atoms with Crippen LogP contribution in [0.4, 0.5) is 17.1 Å². The number of nitrogens with two attached hydrogens (primary N) is 1. The van der Waals surface area contributed by atoms with Gasteiger partial charge in [-0.2, -0.15) is 25.3 Å². The van der Waals surface area contributed by atoms with E-state index >= 15 is 0 Å². The lowest BCUT2D eigenvalue weighted by atomic mass is 9.82. The van der Waals surface area contributed by atoms with Crippen molar-refractivity contribution in [2.45, 2.75) is 14.7 Å². The first kappa shape index (κ1) is 25.4. The molecule has 0 fully saturated rings. The van der Waals surface area contributed by atoms with Gasteiger partial charge in [-0.1, -0.05) is 12.1 Å². The highest BCUT2D eigenvalue weighted by atomic mass is 32.2. The summed E-state index contributed by atoms with van der Waals surface area (Å²) in [5.41, 5.74) is 2.13. The summed E-state index contributed by atoms with van der Waals surface area (Å²) in [6.07, 6.45) is 0. The first-order chi connectivity index (χ1) is 16.5. The minimum atomic E-state index is -5.07. The Bertz CT molecular complexity index is 1830. The first-order valence-corrected chi connectivity index (χ1v) is 13.8. The molecule has 3 aromatic rings. The number of hydrogen-bond donors (Lipinski definition) is 5. The average Bonchev–Trinajstić information content (AvgIpc) is 2.76. The zero-order valence-electron chi connectivity index (χ0n) is 17.5. The predicted molar refractivity (Wildman–Crippen MR) is 123 cm³/mol. The minimum Gasteiger partial charge on any atom is -0.397 e. The van der Waals surface area contributed by atoms with Gasteiger partial charge in [-0.3, -0.25) is 23.2 Å². The van der Waals surface area contributed by atoms with Crippen molar-refractivity contribution >= 4 is 59.0 Å². The predicted octanol–water partition coefficient (Wildman–Crippen LogP) is 1.53. The highest BCUT2D eigenvalue weighted by Crippen LogP contribution is 2.41. The molecule has 0 heterocycles. The largest absolute Gasteiger partial charge is 0.397 e. The lowest BCUT2D eigenvalue weighted by Crippen LogP contribution is -2.25. The second-order valence-electron chi connectivity index (χ2n) is 7.50. The second kappa shape index (κ2) is 8.19. The molecule has 6 N–H and O–H groups in total. The summed E-state index contributed by atoms with van der Waals surface area (Å²) in [5, 5.41) is 2.46. The fourth-order valence-electron chi connectivity index (χ4n) is 3.74. The number of nitrogens with one attached hydrogen (secondary N) is 1. The van der Waals surface area contributed by atoms with Gasteiger partial charge in [0.15, 0.2) is 11.6 Å². The molecule has 0 unspecified atom stereocenters. The van der Waals surface area contributed by atoms with Crippen molar-refractivity contribution in [3.63, 3.8) is 0 Å². The molecule has 0 spiro atoms. The number of para-hydroxylation sites is 1. The number of ketones is 2. The topological polar surface area (TPSA) is 235 Å². The van der Waals surface area contributed by atoms with Crippen molar-refractivity contribution in [2.75, 3.05) is 11.1 Å². The Morgan fingerprint density at radius 1 is 0.639 bits per heavy atom. The summed E-state index contributed by atoms with van der Waals surface area (Å²) in [4.78, 5) is 24.3. The third-order valence-corrected chi connectivity index (χ3v) is 7.93. The second-order valence-corrected chi connectivity index (χ2v) is 11.7. The maximum atomic E-state index is 13.4. The van der Waals surface area contributed by atoms with Crippen LogP contribution in [0.15, 0.2) is 63.2 Å². The normalized spacial score (nSPS) is 13.8. The molecule has 16 heteroatoms. The van der Waals surface area contributed by atoms with Crippen LogP contribution in [0.5, 0.6) is 0 Å². The van der Waals surface area contributed by atoms with Crippen LogP contribution in [0.25, 0.3) is 0 Å². The van der Waals surface area contributed by atoms with E-state index in [0.717, 1.165) is 30.3 Å². The summed E-state index contributed by atoms with van der Waals surface area (Å²) < 4.78 is 99.1. The van der Waals surface area contributed by atoms with E-state index in [9.17, 15) is 48.5 Å². The molecule has 3 aromatic carbocycles. The molecule has 0 amide bonds. The van der Waals surface area contributed by atoms with E-state index in [2.05, 4.69) is 5.32 Å². The van der Waals surface area contributed by atoms with Crippen molar-refractivity contribution in [3.05, 3.63) is 70.8 Å². The van der Waals surface area contributed by atoms with Crippen LogP contribution in [0.3, 0.4) is 0 Å². The first-order valence-electron chi connectivity index (χ1n) is 9.50. The lowest BCUT2D eigenvalue weighted by Gasteiger charge is -2.24. The molecule has 13 nitrogen and oxygen atoms in total. The molecular weight excluding hydrogens is 540 g/mol. The Kier molecular flexibility index (Phi) is 5.78. The molecule has 0 bridgehead atoms. The van der Waals surface area contributed by atoms with Crippen molar-refractivity contribution in [1.82, 2.24) is 0 Å². The number of benzene rings is 3. The number of fused-ring (bicyclic) bond motifs is 2. The monoisotopic (exact) mass is 554 g/mol. The van der Waals surface area contributed by atoms with Crippen molar-refractivity contribution in [2.24, 2.45) is 0 Å². The Morgan fingerprint density at radius 2 is 1.22 bits per heavy atom. The van der Waals surface area contributed by atoms with Crippen molar-refractivity contribution < 1.29 is 48.5 Å². The molecule has 4 rings (SSSR count). The van der Waals surface area contributed by atoms with Crippen LogP contribution >= 0.6 is 0 Å². The Balaban J connectivity index is 2.06. The van der Waals surface area contributed by atoms with E-state index in [1.807, 2.05) is 0 Å². The molecule has 1 aliphatic carbocycles. The summed E-state index contributed by atoms with van der Waals surface area (Å²) in [5.74, 6) is -2.05. The molecule has 0 radical (unpaired) electrons. The Morgan fingerprint density at radius 3 is 1.81 bits per heavy atom. The third-order valence-electron chi connectivity index (χ3n) is 5.27. The summed E-state index contributed by atoms with van der Waals surface area (Å²) in [6, 6.07) is 7.91. The summed E-state index contributed by atoms with van der Waals surface area (Å²) in [6.45, 7) is 0. The maximum absolute atomic E-state index is 13.4. The fraction of sp³-hybridized carbons (Fsp3) is 0. The van der Waals surface area contributed by atoms with E-state index in [1.165, 1.54) is 12.1 Å². The van der Waals surface area contributed by atoms with E-state index in [0.29, 0.717) is 6.07 Å². The zero-order valence-corrected chi connectivity index (χ0v) is 20.0. The SMILES string of the molecule is Nc1c(S(=O)(=O)O)cc(Nc2ccccc2S(=O)(=O)O)c2c1C(=O)c1ccc(S(=O)(=O)O)cc1C2=O. The van der Waals surface area contributed by atoms with Gasteiger partial charge in [0.05, 0.1) is 33.1 Å². The van der Waals surface area contributed by atoms with Gasteiger partial charge in [0.2, 0.25) is 0 Å². The highest BCUT2D eigenvalue weighted by Gasteiger charge is 2.37. The molecule has 0 aromatic heterocycles. The highest BCUT2D eigenvalue weighted by molar-refractivity contribution is 7.86. The van der Waals surface area contributed by atoms with E-state index < -0.39 is 84.7 Å². The molecule has 0 saturated heterocycles. The Labute approximate surface area is 203 Å². The molecule has 0 saturated carbocycles. The van der Waals surface area contributed by atoms with Crippen LogP contribution in [-0.4, -0.2) is 50.5 Å². The number of anilines is 3. The van der Waals surface area contributed by atoms with E-state index in [4.69, 9.17) is 5.73 Å². The van der Waals surface area contributed by atoms with Crippen LogP contribution in [0.2, 0.25) is 0 Å². The van der Waals surface area contributed by atoms with Crippen molar-refractivity contribution in [3.8, 4) is 0 Å². The van der Waals surface area contributed by atoms with Gasteiger partial charge < -0.3 is 11.1 Å². The maximum Gasteiger partial charge on any atom is 0.296 e. The fourth-order valence-corrected chi connectivity index (χ4v) is 5.54. The number of hydrogen-bond acceptors (Lipinski definition) is 10. The van der Waals surface area contributed by atoms with Gasteiger partial charge in [-0.05, 0) is 36.4 Å². The number of nitrogen functional groups attached to an aromatic ring is 1. The van der Waals surface area contributed by atoms with Gasteiger partial charge in [-0.15, -0.1) is 0 Å². The van der Waals surface area contributed by atoms with Gasteiger partial charge in [0, 0.05) is 11.1 Å². The van der Waals surface area contributed by atoms with Gasteiger partial charge in [-0.25, -0.2) is 0 Å². The standard InChI is InChI=1S/C20H14N2O11S3/c21-18-15(36(31,32)33)8-13(22-12-3-1-2-4-14(12)35(28,29)30)16-17(18)19(23)10-6-5-9(34(25,26)27)7-11(10)20(16)24/h1-8,22H,21H2,(H,25,26,27)(H,28,29,30)(H,31,32,33). The van der Waals surface area contributed by atoms with Crippen LogP contribution < -0.4 is 11.1 Å². The van der Waals surface area contributed by atoms with Crippen LogP contribution in [0, 0.1) is 0 Å². The van der Waals surface area contributed by atoms with Crippen LogP contribution in [-0.2, 0) is 30.4 Å². The van der Waals surface area contributed by atoms with E-state index in [-0.39, 0.29) is 11.3 Å².